The Kier molecular flexibility index (Phi) is 4.23. The summed E-state index contributed by atoms with van der Waals surface area (Å²) in [4.78, 5) is 19.7. The molecule has 0 bridgehead atoms. The van der Waals surface area contributed by atoms with Crippen molar-refractivity contribution >= 4 is 11.7 Å². The number of methoxy groups -OCH3 is 2. The first kappa shape index (κ1) is 15.7. The molecule has 0 radical (unpaired) electrons. The third kappa shape index (κ3) is 2.96. The van der Waals surface area contributed by atoms with Gasteiger partial charge < -0.3 is 29.4 Å². The minimum absolute atomic E-state index is 0.0558. The fraction of sp³-hybridized carbons (Fsp3) is 0.267. The number of hydrogen-bond acceptors (Lipinski definition) is 8. The molecule has 0 saturated heterocycles. The van der Waals surface area contributed by atoms with E-state index in [2.05, 4.69) is 15.3 Å². The van der Waals surface area contributed by atoms with Crippen LogP contribution in [0.5, 0.6) is 29.3 Å². The van der Waals surface area contributed by atoms with Gasteiger partial charge in [-0.3, -0.25) is 0 Å². The van der Waals surface area contributed by atoms with E-state index in [1.165, 1.54) is 26.4 Å². The van der Waals surface area contributed by atoms with Crippen molar-refractivity contribution in [1.82, 2.24) is 9.97 Å². The van der Waals surface area contributed by atoms with Gasteiger partial charge in [-0.15, -0.1) is 0 Å². The first-order chi connectivity index (χ1) is 11.6. The number of rotatable bonds is 5. The number of aromatic nitrogens is 2. The second-order valence-corrected chi connectivity index (χ2v) is 4.73. The second-order valence-electron chi connectivity index (χ2n) is 4.73. The van der Waals surface area contributed by atoms with Crippen LogP contribution in [-0.2, 0) is 0 Å². The summed E-state index contributed by atoms with van der Waals surface area (Å²) in [6, 6.07) is 4.56. The predicted molar refractivity (Wildman–Crippen MR) is 82.6 cm³/mol. The van der Waals surface area contributed by atoms with Gasteiger partial charge in [0.1, 0.15) is 17.9 Å². The van der Waals surface area contributed by atoms with Crippen molar-refractivity contribution in [3.63, 3.8) is 0 Å². The zero-order valence-corrected chi connectivity index (χ0v) is 13.0. The number of aromatic carboxylic acids is 1. The van der Waals surface area contributed by atoms with Crippen molar-refractivity contribution in [1.29, 1.82) is 0 Å². The summed E-state index contributed by atoms with van der Waals surface area (Å²) >= 11 is 0. The minimum Gasteiger partial charge on any atom is -0.489 e. The highest BCUT2D eigenvalue weighted by Gasteiger charge is 2.25. The molecule has 24 heavy (non-hydrogen) atoms. The number of ether oxygens (including phenoxy) is 4. The maximum absolute atomic E-state index is 11.7. The van der Waals surface area contributed by atoms with Crippen LogP contribution in [0.3, 0.4) is 0 Å². The summed E-state index contributed by atoms with van der Waals surface area (Å²) in [5.41, 5.74) is 0.486. The highest BCUT2D eigenvalue weighted by molar-refractivity contribution is 5.97. The van der Waals surface area contributed by atoms with Crippen LogP contribution in [-0.4, -0.2) is 48.4 Å². The number of nitrogens with one attached hydrogen (secondary N) is 1. The Morgan fingerprint density at radius 3 is 2.58 bits per heavy atom. The minimum atomic E-state index is -1.18. The molecule has 2 N–H and O–H groups in total. The standard InChI is InChI=1S/C15H15N3O6/c1-21-10-7-11(22-2)18-15(17-10)24-9-4-3-8-13(12(9)14(19)20)23-6-5-16-8/h3-4,7,16H,5-6H2,1-2H3,(H,19,20). The third-order valence-electron chi connectivity index (χ3n) is 3.28. The Bertz CT molecular complexity index is 758. The number of anilines is 1. The lowest BCUT2D eigenvalue weighted by atomic mass is 10.1. The van der Waals surface area contributed by atoms with Crippen molar-refractivity contribution in [3.8, 4) is 29.3 Å². The van der Waals surface area contributed by atoms with Gasteiger partial charge in [0.25, 0.3) is 0 Å². The fourth-order valence-electron chi connectivity index (χ4n) is 2.22. The van der Waals surface area contributed by atoms with Crippen molar-refractivity contribution in [2.75, 3.05) is 32.7 Å². The van der Waals surface area contributed by atoms with E-state index in [0.717, 1.165) is 0 Å². The van der Waals surface area contributed by atoms with Gasteiger partial charge in [0.15, 0.2) is 5.75 Å². The first-order valence-corrected chi connectivity index (χ1v) is 7.04. The highest BCUT2D eigenvalue weighted by Crippen LogP contribution is 2.39. The number of benzene rings is 1. The molecular formula is C15H15N3O6. The Morgan fingerprint density at radius 2 is 1.96 bits per heavy atom. The molecule has 3 rings (SSSR count). The van der Waals surface area contributed by atoms with E-state index in [4.69, 9.17) is 18.9 Å². The van der Waals surface area contributed by atoms with Gasteiger partial charge >= 0.3 is 12.0 Å². The van der Waals surface area contributed by atoms with Crippen molar-refractivity contribution < 1.29 is 28.8 Å². The molecule has 1 aliphatic rings. The average Bonchev–Trinajstić information content (AvgIpc) is 2.60. The molecule has 1 aromatic carbocycles. The molecule has 0 atom stereocenters. The Hall–Kier alpha value is -3.23. The molecule has 0 aliphatic carbocycles. The zero-order chi connectivity index (χ0) is 17.1. The van der Waals surface area contributed by atoms with Gasteiger partial charge in [-0.05, 0) is 12.1 Å². The molecule has 9 nitrogen and oxygen atoms in total. The predicted octanol–water partition coefficient (Wildman–Crippen LogP) is 1.79. The van der Waals surface area contributed by atoms with E-state index in [-0.39, 0.29) is 34.8 Å². The maximum Gasteiger partial charge on any atom is 0.343 e. The molecule has 0 fully saturated rings. The molecule has 2 aromatic rings. The second kappa shape index (κ2) is 6.49. The lowest BCUT2D eigenvalue weighted by Crippen LogP contribution is -2.20. The van der Waals surface area contributed by atoms with E-state index >= 15 is 0 Å². The number of carboxylic acid groups (broad SMARTS) is 1. The van der Waals surface area contributed by atoms with Crippen LogP contribution in [0.15, 0.2) is 18.2 Å². The summed E-state index contributed by atoms with van der Waals surface area (Å²) in [6.45, 7) is 0.961. The highest BCUT2D eigenvalue weighted by atomic mass is 16.5. The van der Waals surface area contributed by atoms with Gasteiger partial charge in [0, 0.05) is 6.54 Å². The monoisotopic (exact) mass is 333 g/mol. The average molecular weight is 333 g/mol. The molecule has 2 heterocycles. The van der Waals surface area contributed by atoms with Crippen molar-refractivity contribution in [3.05, 3.63) is 23.8 Å². The number of nitrogens with zero attached hydrogens (tertiary/aromatic N) is 2. The molecule has 126 valence electrons. The largest absolute Gasteiger partial charge is 0.489 e. The van der Waals surface area contributed by atoms with E-state index in [1.54, 1.807) is 6.07 Å². The number of carbonyl (C=O) groups is 1. The van der Waals surface area contributed by atoms with Crippen LogP contribution in [0.4, 0.5) is 5.69 Å². The summed E-state index contributed by atoms with van der Waals surface area (Å²) in [5.74, 6) is -0.448. The molecular weight excluding hydrogens is 318 g/mol. The van der Waals surface area contributed by atoms with E-state index < -0.39 is 5.97 Å². The van der Waals surface area contributed by atoms with Crippen LogP contribution in [0.2, 0.25) is 0 Å². The maximum atomic E-state index is 11.7. The van der Waals surface area contributed by atoms with E-state index in [0.29, 0.717) is 18.8 Å². The van der Waals surface area contributed by atoms with Gasteiger partial charge in [-0.2, -0.15) is 9.97 Å². The third-order valence-corrected chi connectivity index (χ3v) is 3.28. The first-order valence-electron chi connectivity index (χ1n) is 7.04. The smallest absolute Gasteiger partial charge is 0.343 e. The van der Waals surface area contributed by atoms with Gasteiger partial charge in [-0.25, -0.2) is 4.79 Å². The molecule has 1 aromatic heterocycles. The van der Waals surface area contributed by atoms with E-state index in [1.807, 2.05) is 0 Å². The number of carboxylic acids is 1. The Labute approximate surface area is 137 Å². The number of fused-ring (bicyclic) bond motifs is 1. The summed E-state index contributed by atoms with van der Waals surface area (Å²) in [5, 5.41) is 12.6. The molecule has 1 aliphatic heterocycles. The van der Waals surface area contributed by atoms with Crippen molar-refractivity contribution in [2.24, 2.45) is 0 Å². The lowest BCUT2D eigenvalue weighted by Gasteiger charge is -2.22. The summed E-state index contributed by atoms with van der Waals surface area (Å²) < 4.78 is 21.1. The van der Waals surface area contributed by atoms with Crippen LogP contribution >= 0.6 is 0 Å². The fourth-order valence-corrected chi connectivity index (χ4v) is 2.22. The molecule has 0 saturated carbocycles. The topological polar surface area (TPSA) is 112 Å². The normalized spacial score (nSPS) is 12.4. The molecule has 0 unspecified atom stereocenters. The molecule has 9 heteroatoms. The summed E-state index contributed by atoms with van der Waals surface area (Å²) in [6.07, 6.45) is 0. The zero-order valence-electron chi connectivity index (χ0n) is 13.0. The van der Waals surface area contributed by atoms with Crippen LogP contribution < -0.4 is 24.3 Å². The molecule has 0 amide bonds. The van der Waals surface area contributed by atoms with Crippen LogP contribution in [0.25, 0.3) is 0 Å². The van der Waals surface area contributed by atoms with Gasteiger partial charge in [-0.1, -0.05) is 0 Å². The number of hydrogen-bond donors (Lipinski definition) is 2. The van der Waals surface area contributed by atoms with Crippen LogP contribution in [0, 0.1) is 0 Å². The molecule has 0 spiro atoms. The quantitative estimate of drug-likeness (QED) is 0.845. The lowest BCUT2D eigenvalue weighted by molar-refractivity contribution is 0.0689. The van der Waals surface area contributed by atoms with Gasteiger partial charge in [0.05, 0.1) is 26.0 Å². The van der Waals surface area contributed by atoms with Crippen LogP contribution in [0.1, 0.15) is 10.4 Å². The SMILES string of the molecule is COc1cc(OC)nc(Oc2ccc3c(c2C(=O)O)OCCN3)n1. The Balaban J connectivity index is 2.03. The van der Waals surface area contributed by atoms with Gasteiger partial charge in [0.2, 0.25) is 11.8 Å². The van der Waals surface area contributed by atoms with E-state index in [9.17, 15) is 9.90 Å². The Morgan fingerprint density at radius 1 is 1.25 bits per heavy atom. The summed E-state index contributed by atoms with van der Waals surface area (Å²) in [7, 11) is 2.87. The van der Waals surface area contributed by atoms with Crippen molar-refractivity contribution in [2.45, 2.75) is 0 Å².